The lowest BCUT2D eigenvalue weighted by molar-refractivity contribution is -0.120. The molecule has 3 nitrogen and oxygen atoms in total. The van der Waals surface area contributed by atoms with Crippen molar-refractivity contribution in [3.05, 3.63) is 34.9 Å². The van der Waals surface area contributed by atoms with Gasteiger partial charge in [-0.2, -0.15) is 0 Å². The lowest BCUT2D eigenvalue weighted by Gasteiger charge is -2.34. The lowest BCUT2D eigenvalue weighted by Crippen LogP contribution is -2.40. The van der Waals surface area contributed by atoms with Crippen LogP contribution in [0.25, 0.3) is 0 Å². The number of carbonyl (C=O) groups excluding carboxylic acids is 1. The monoisotopic (exact) mass is 322 g/mol. The molecule has 0 bridgehead atoms. The van der Waals surface area contributed by atoms with Gasteiger partial charge in [0.05, 0.1) is 6.42 Å². The average molecular weight is 323 g/mol. The van der Waals surface area contributed by atoms with Crippen molar-refractivity contribution in [1.29, 1.82) is 0 Å². The Labute approximate surface area is 139 Å². The number of likely N-dealkylation sites (tertiary alicyclic amines) is 1. The summed E-state index contributed by atoms with van der Waals surface area (Å²) < 4.78 is 0. The molecule has 1 saturated heterocycles. The Kier molecular flexibility index (Phi) is 6.71. The summed E-state index contributed by atoms with van der Waals surface area (Å²) in [6, 6.07) is 7.45. The summed E-state index contributed by atoms with van der Waals surface area (Å²) in [4.78, 5) is 14.4. The fourth-order valence-electron chi connectivity index (χ4n) is 3.36. The molecule has 4 heteroatoms. The number of halogens is 1. The minimum atomic E-state index is 0.0858. The predicted molar refractivity (Wildman–Crippen MR) is 92.2 cm³/mol. The van der Waals surface area contributed by atoms with Gasteiger partial charge in [0.25, 0.3) is 0 Å². The van der Waals surface area contributed by atoms with E-state index < -0.39 is 0 Å². The third-order valence-corrected chi connectivity index (χ3v) is 4.45. The van der Waals surface area contributed by atoms with Crippen molar-refractivity contribution in [1.82, 2.24) is 10.2 Å². The van der Waals surface area contributed by atoms with E-state index in [-0.39, 0.29) is 5.91 Å². The highest BCUT2D eigenvalue weighted by Gasteiger charge is 2.20. The second kappa shape index (κ2) is 8.54. The Balaban J connectivity index is 1.62. The smallest absolute Gasteiger partial charge is 0.224 e. The summed E-state index contributed by atoms with van der Waals surface area (Å²) in [5, 5.41) is 3.71. The number of rotatable bonds is 6. The Bertz CT molecular complexity index is 464. The van der Waals surface area contributed by atoms with Crippen molar-refractivity contribution in [2.45, 2.75) is 33.1 Å². The van der Waals surface area contributed by atoms with Gasteiger partial charge in [-0.15, -0.1) is 0 Å². The largest absolute Gasteiger partial charge is 0.356 e. The van der Waals surface area contributed by atoms with Crippen LogP contribution in [0.4, 0.5) is 0 Å². The highest BCUT2D eigenvalue weighted by atomic mass is 35.5. The Morgan fingerprint density at radius 3 is 2.50 bits per heavy atom. The molecule has 1 aromatic rings. The van der Waals surface area contributed by atoms with Gasteiger partial charge >= 0.3 is 0 Å². The second-order valence-corrected chi connectivity index (χ2v) is 7.15. The first kappa shape index (κ1) is 17.3. The summed E-state index contributed by atoms with van der Waals surface area (Å²) >= 11 is 5.84. The van der Waals surface area contributed by atoms with E-state index in [1.54, 1.807) is 0 Å². The molecule has 1 aliphatic rings. The number of benzene rings is 1. The van der Waals surface area contributed by atoms with Crippen molar-refractivity contribution in [3.63, 3.8) is 0 Å². The summed E-state index contributed by atoms with van der Waals surface area (Å²) in [6.07, 6.45) is 2.79. The molecule has 1 amide bonds. The average Bonchev–Trinajstić information content (AvgIpc) is 2.45. The highest BCUT2D eigenvalue weighted by molar-refractivity contribution is 6.30. The van der Waals surface area contributed by atoms with Gasteiger partial charge in [-0.1, -0.05) is 37.6 Å². The van der Waals surface area contributed by atoms with Gasteiger partial charge in [-0.05, 0) is 48.9 Å². The molecule has 1 fully saturated rings. The topological polar surface area (TPSA) is 32.3 Å². The maximum absolute atomic E-state index is 11.9. The van der Waals surface area contributed by atoms with Crippen LogP contribution in [-0.2, 0) is 11.2 Å². The number of piperidine rings is 1. The number of nitrogens with zero attached hydrogens (tertiary/aromatic N) is 1. The SMILES string of the molecule is C[C@H]1C[C@H](C)CN(CCCNC(=O)Cc2ccc(Cl)cc2)C1. The zero-order chi connectivity index (χ0) is 15.9. The fraction of sp³-hybridized carbons (Fsp3) is 0.611. The first-order valence-corrected chi connectivity index (χ1v) is 8.64. The number of hydrogen-bond donors (Lipinski definition) is 1. The first-order valence-electron chi connectivity index (χ1n) is 8.26. The third-order valence-electron chi connectivity index (χ3n) is 4.20. The van der Waals surface area contributed by atoms with Crippen LogP contribution >= 0.6 is 11.6 Å². The van der Waals surface area contributed by atoms with Crippen molar-refractivity contribution < 1.29 is 4.79 Å². The molecular formula is C18H27ClN2O. The minimum absolute atomic E-state index is 0.0858. The van der Waals surface area contributed by atoms with Crippen molar-refractivity contribution >= 4 is 17.5 Å². The summed E-state index contributed by atoms with van der Waals surface area (Å²) in [5.74, 6) is 1.68. The molecule has 1 N–H and O–H groups in total. The zero-order valence-electron chi connectivity index (χ0n) is 13.6. The number of nitrogens with one attached hydrogen (secondary N) is 1. The molecule has 0 aromatic heterocycles. The first-order chi connectivity index (χ1) is 10.5. The molecule has 22 heavy (non-hydrogen) atoms. The maximum Gasteiger partial charge on any atom is 0.224 e. The van der Waals surface area contributed by atoms with Crippen LogP contribution in [-0.4, -0.2) is 37.0 Å². The molecule has 2 atom stereocenters. The standard InChI is InChI=1S/C18H27ClN2O/c1-14-10-15(2)13-21(12-14)9-3-8-20-18(22)11-16-4-6-17(19)7-5-16/h4-7,14-15H,3,8-13H2,1-2H3,(H,20,22)/t14-,15-/m0/s1. The maximum atomic E-state index is 11.9. The summed E-state index contributed by atoms with van der Waals surface area (Å²) in [6.45, 7) is 8.89. The van der Waals surface area contributed by atoms with Gasteiger partial charge in [0.15, 0.2) is 0 Å². The van der Waals surface area contributed by atoms with E-state index in [0.29, 0.717) is 11.4 Å². The van der Waals surface area contributed by atoms with Crippen LogP contribution < -0.4 is 5.32 Å². The van der Waals surface area contributed by atoms with E-state index in [4.69, 9.17) is 11.6 Å². The van der Waals surface area contributed by atoms with Crippen LogP contribution in [0.3, 0.4) is 0 Å². The Morgan fingerprint density at radius 2 is 1.86 bits per heavy atom. The molecule has 0 unspecified atom stereocenters. The molecule has 1 aliphatic heterocycles. The third kappa shape index (κ3) is 5.98. The molecule has 0 spiro atoms. The van der Waals surface area contributed by atoms with E-state index in [9.17, 15) is 4.79 Å². The van der Waals surface area contributed by atoms with Gasteiger partial charge in [0, 0.05) is 24.7 Å². The quantitative estimate of drug-likeness (QED) is 0.814. The number of carbonyl (C=O) groups is 1. The predicted octanol–water partition coefficient (Wildman–Crippen LogP) is 3.37. The second-order valence-electron chi connectivity index (χ2n) is 6.71. The van der Waals surface area contributed by atoms with Crippen molar-refractivity contribution in [2.75, 3.05) is 26.2 Å². The lowest BCUT2D eigenvalue weighted by atomic mass is 9.92. The van der Waals surface area contributed by atoms with Crippen LogP contribution in [0.15, 0.2) is 24.3 Å². The number of hydrogen-bond acceptors (Lipinski definition) is 2. The highest BCUT2D eigenvalue weighted by Crippen LogP contribution is 2.20. The van der Waals surface area contributed by atoms with Crippen molar-refractivity contribution in [3.8, 4) is 0 Å². The van der Waals surface area contributed by atoms with E-state index in [0.717, 1.165) is 36.9 Å². The molecule has 0 aliphatic carbocycles. The van der Waals surface area contributed by atoms with Crippen molar-refractivity contribution in [2.24, 2.45) is 11.8 Å². The van der Waals surface area contributed by atoms with Crippen LogP contribution in [0.2, 0.25) is 5.02 Å². The summed E-state index contributed by atoms with van der Waals surface area (Å²) in [7, 11) is 0. The van der Waals surface area contributed by atoms with Gasteiger partial charge in [-0.3, -0.25) is 4.79 Å². The fourth-order valence-corrected chi connectivity index (χ4v) is 3.48. The molecule has 0 radical (unpaired) electrons. The zero-order valence-corrected chi connectivity index (χ0v) is 14.4. The molecule has 122 valence electrons. The molecule has 1 aromatic carbocycles. The molecular weight excluding hydrogens is 296 g/mol. The van der Waals surface area contributed by atoms with Gasteiger partial charge in [0.1, 0.15) is 0 Å². The van der Waals surface area contributed by atoms with Gasteiger partial charge < -0.3 is 10.2 Å². The van der Waals surface area contributed by atoms with Crippen LogP contribution in [0.1, 0.15) is 32.3 Å². The molecule has 2 rings (SSSR count). The Hall–Kier alpha value is -1.06. The van der Waals surface area contributed by atoms with E-state index in [1.807, 2.05) is 24.3 Å². The van der Waals surface area contributed by atoms with Gasteiger partial charge in [0.2, 0.25) is 5.91 Å². The summed E-state index contributed by atoms with van der Waals surface area (Å²) in [5.41, 5.74) is 1.00. The normalized spacial score (nSPS) is 22.5. The van der Waals surface area contributed by atoms with E-state index in [2.05, 4.69) is 24.1 Å². The van der Waals surface area contributed by atoms with Gasteiger partial charge in [-0.25, -0.2) is 0 Å². The van der Waals surface area contributed by atoms with Crippen LogP contribution in [0, 0.1) is 11.8 Å². The Morgan fingerprint density at radius 1 is 1.23 bits per heavy atom. The van der Waals surface area contributed by atoms with E-state index in [1.165, 1.54) is 19.5 Å². The molecule has 1 heterocycles. The van der Waals surface area contributed by atoms with Crippen LogP contribution in [0.5, 0.6) is 0 Å². The van der Waals surface area contributed by atoms with E-state index >= 15 is 0 Å². The number of amides is 1. The minimum Gasteiger partial charge on any atom is -0.356 e. The molecule has 0 saturated carbocycles.